The van der Waals surface area contributed by atoms with E-state index in [0.717, 1.165) is 35.0 Å². The van der Waals surface area contributed by atoms with Gasteiger partial charge in [-0.3, -0.25) is 4.79 Å². The molecule has 0 atom stereocenters. The fourth-order valence-electron chi connectivity index (χ4n) is 3.12. The number of rotatable bonds is 6. The first kappa shape index (κ1) is 18.6. The molecule has 0 saturated heterocycles. The van der Waals surface area contributed by atoms with Gasteiger partial charge in [-0.2, -0.15) is 4.99 Å². The number of pyridine rings is 1. The van der Waals surface area contributed by atoms with Crippen LogP contribution >= 0.6 is 0 Å². The smallest absolute Gasteiger partial charge is 0.280 e. The normalized spacial score (nSPS) is 10.7. The second-order valence-electron chi connectivity index (χ2n) is 6.57. The van der Waals surface area contributed by atoms with Crippen molar-refractivity contribution in [2.24, 2.45) is 16.5 Å². The molecule has 4 N–H and O–H groups in total. The van der Waals surface area contributed by atoms with E-state index in [-0.39, 0.29) is 5.96 Å². The largest absolute Gasteiger partial charge is 0.370 e. The van der Waals surface area contributed by atoms with Gasteiger partial charge in [0.15, 0.2) is 5.96 Å². The maximum absolute atomic E-state index is 12.6. The molecule has 0 aliphatic carbocycles. The highest BCUT2D eigenvalue weighted by Crippen LogP contribution is 2.27. The van der Waals surface area contributed by atoms with Crippen molar-refractivity contribution in [3.05, 3.63) is 65.7 Å². The molecule has 138 valence electrons. The molecule has 0 saturated carbocycles. The van der Waals surface area contributed by atoms with Gasteiger partial charge in [0.1, 0.15) is 0 Å². The molecule has 0 bridgehead atoms. The number of nitrogens with two attached hydrogens (primary N) is 2. The Hall–Kier alpha value is -3.21. The zero-order valence-electron chi connectivity index (χ0n) is 15.5. The third kappa shape index (κ3) is 4.50. The molecule has 3 rings (SSSR count). The molecule has 27 heavy (non-hydrogen) atoms. The molecule has 0 fully saturated rings. The summed E-state index contributed by atoms with van der Waals surface area (Å²) in [5, 5.41) is 0.777. The molecule has 0 radical (unpaired) electrons. The van der Waals surface area contributed by atoms with Gasteiger partial charge in [-0.15, -0.1) is 0 Å². The van der Waals surface area contributed by atoms with E-state index in [1.54, 1.807) is 6.07 Å². The average molecular weight is 360 g/mol. The van der Waals surface area contributed by atoms with Crippen molar-refractivity contribution in [1.29, 1.82) is 0 Å². The zero-order chi connectivity index (χ0) is 19.2. The van der Waals surface area contributed by atoms with E-state index in [0.29, 0.717) is 5.56 Å². The van der Waals surface area contributed by atoms with E-state index in [1.807, 2.05) is 42.5 Å². The predicted octanol–water partition coefficient (Wildman–Crippen LogP) is 4.05. The van der Waals surface area contributed by atoms with E-state index in [2.05, 4.69) is 18.0 Å². The monoisotopic (exact) mass is 360 g/mol. The van der Waals surface area contributed by atoms with Gasteiger partial charge < -0.3 is 11.5 Å². The van der Waals surface area contributed by atoms with E-state index in [4.69, 9.17) is 16.5 Å². The fourth-order valence-corrected chi connectivity index (χ4v) is 3.12. The number of hydrogen-bond donors (Lipinski definition) is 2. The molecule has 1 heterocycles. The number of amides is 1. The molecule has 3 aromatic rings. The van der Waals surface area contributed by atoms with Crippen LogP contribution in [0, 0.1) is 0 Å². The number of aromatic nitrogens is 1. The van der Waals surface area contributed by atoms with Crippen LogP contribution in [0.4, 0.5) is 0 Å². The summed E-state index contributed by atoms with van der Waals surface area (Å²) >= 11 is 0. The number of carbonyl (C=O) groups excluding carboxylic acids is 1. The summed E-state index contributed by atoms with van der Waals surface area (Å²) < 4.78 is 0. The van der Waals surface area contributed by atoms with Crippen molar-refractivity contribution in [2.45, 2.75) is 32.6 Å². The Morgan fingerprint density at radius 3 is 2.52 bits per heavy atom. The Kier molecular flexibility index (Phi) is 5.81. The lowest BCUT2D eigenvalue weighted by atomic mass is 9.99. The molecule has 0 unspecified atom stereocenters. The molecular weight excluding hydrogens is 336 g/mol. The molecule has 0 spiro atoms. The number of unbranched alkanes of at least 4 members (excludes halogenated alkanes) is 2. The van der Waals surface area contributed by atoms with Crippen molar-refractivity contribution >= 4 is 22.8 Å². The summed E-state index contributed by atoms with van der Waals surface area (Å²) in [5.41, 5.74) is 14.9. The highest BCUT2D eigenvalue weighted by molar-refractivity contribution is 6.10. The molecule has 1 aromatic heterocycles. The van der Waals surface area contributed by atoms with Crippen LogP contribution < -0.4 is 11.5 Å². The summed E-state index contributed by atoms with van der Waals surface area (Å²) in [6.45, 7) is 2.18. The topological polar surface area (TPSA) is 94.4 Å². The number of aryl methyl sites for hydroxylation is 1. The highest BCUT2D eigenvalue weighted by atomic mass is 16.1. The van der Waals surface area contributed by atoms with Crippen LogP contribution in [0.25, 0.3) is 22.2 Å². The summed E-state index contributed by atoms with van der Waals surface area (Å²) in [7, 11) is 0. The van der Waals surface area contributed by atoms with Crippen LogP contribution in [0.2, 0.25) is 0 Å². The second kappa shape index (κ2) is 8.45. The maximum atomic E-state index is 12.6. The standard InChI is InChI=1S/C22H24N4O/c1-2-3-5-8-15-11-12-19-17(13-15)18(21(27)26-22(23)24)14-20(25-19)16-9-6-4-7-10-16/h4,6-7,9-14H,2-3,5,8H2,1H3,(H4,23,24,26,27). The Labute approximate surface area is 159 Å². The van der Waals surface area contributed by atoms with Crippen molar-refractivity contribution < 1.29 is 4.79 Å². The first-order valence-electron chi connectivity index (χ1n) is 9.21. The molecule has 5 heteroatoms. The number of aliphatic imine (C=N–C) groups is 1. The fraction of sp³-hybridized carbons (Fsp3) is 0.227. The molecule has 2 aromatic carbocycles. The summed E-state index contributed by atoms with van der Waals surface area (Å²) in [4.78, 5) is 21.1. The first-order chi connectivity index (χ1) is 13.1. The van der Waals surface area contributed by atoms with Crippen LogP contribution in [0.5, 0.6) is 0 Å². The van der Waals surface area contributed by atoms with Crippen LogP contribution in [0.15, 0.2) is 59.6 Å². The van der Waals surface area contributed by atoms with E-state index < -0.39 is 5.91 Å². The van der Waals surface area contributed by atoms with E-state index in [1.165, 1.54) is 18.4 Å². The molecular formula is C22H24N4O. The molecule has 0 aliphatic rings. The summed E-state index contributed by atoms with van der Waals surface area (Å²) in [6, 6.07) is 17.6. The van der Waals surface area contributed by atoms with Gasteiger partial charge in [0.2, 0.25) is 0 Å². The highest BCUT2D eigenvalue weighted by Gasteiger charge is 2.14. The Morgan fingerprint density at radius 1 is 1.04 bits per heavy atom. The van der Waals surface area contributed by atoms with Crippen LogP contribution in [-0.4, -0.2) is 16.9 Å². The summed E-state index contributed by atoms with van der Waals surface area (Å²) in [6.07, 6.45) is 4.45. The molecule has 0 aliphatic heterocycles. The second-order valence-corrected chi connectivity index (χ2v) is 6.57. The number of guanidine groups is 1. The van der Waals surface area contributed by atoms with Crippen molar-refractivity contribution in [3.8, 4) is 11.3 Å². The zero-order valence-corrected chi connectivity index (χ0v) is 15.5. The molecule has 5 nitrogen and oxygen atoms in total. The van der Waals surface area contributed by atoms with Gasteiger partial charge in [-0.05, 0) is 36.6 Å². The Bertz CT molecular complexity index is 976. The Balaban J connectivity index is 2.13. The summed E-state index contributed by atoms with van der Waals surface area (Å²) in [5.74, 6) is -0.699. The SMILES string of the molecule is CCCCCc1ccc2nc(-c3ccccc3)cc(C(=O)N=C(N)N)c2c1. The lowest BCUT2D eigenvalue weighted by Crippen LogP contribution is -2.24. The van der Waals surface area contributed by atoms with E-state index >= 15 is 0 Å². The minimum Gasteiger partial charge on any atom is -0.370 e. The number of carbonyl (C=O) groups is 1. The lowest BCUT2D eigenvalue weighted by Gasteiger charge is -2.10. The number of nitrogens with zero attached hydrogens (tertiary/aromatic N) is 2. The van der Waals surface area contributed by atoms with Crippen LogP contribution in [-0.2, 0) is 6.42 Å². The lowest BCUT2D eigenvalue weighted by molar-refractivity contribution is 0.100. The first-order valence-corrected chi connectivity index (χ1v) is 9.21. The van der Waals surface area contributed by atoms with Crippen molar-refractivity contribution in [3.63, 3.8) is 0 Å². The minimum atomic E-state index is -0.453. The number of fused-ring (bicyclic) bond motifs is 1. The van der Waals surface area contributed by atoms with Crippen molar-refractivity contribution in [1.82, 2.24) is 4.98 Å². The van der Waals surface area contributed by atoms with Crippen LogP contribution in [0.3, 0.4) is 0 Å². The third-order valence-corrected chi connectivity index (χ3v) is 4.47. The quantitative estimate of drug-likeness (QED) is 0.394. The van der Waals surface area contributed by atoms with Gasteiger partial charge in [0.25, 0.3) is 5.91 Å². The van der Waals surface area contributed by atoms with Crippen LogP contribution in [0.1, 0.15) is 42.1 Å². The number of hydrogen-bond acceptors (Lipinski definition) is 2. The molecule has 1 amide bonds. The number of benzene rings is 2. The van der Waals surface area contributed by atoms with Gasteiger partial charge in [0, 0.05) is 10.9 Å². The van der Waals surface area contributed by atoms with Gasteiger partial charge in [-0.1, -0.05) is 56.2 Å². The van der Waals surface area contributed by atoms with E-state index in [9.17, 15) is 4.79 Å². The van der Waals surface area contributed by atoms with Gasteiger partial charge in [-0.25, -0.2) is 4.98 Å². The van der Waals surface area contributed by atoms with Crippen molar-refractivity contribution in [2.75, 3.05) is 0 Å². The average Bonchev–Trinajstić information content (AvgIpc) is 2.67. The third-order valence-electron chi connectivity index (χ3n) is 4.47. The van der Waals surface area contributed by atoms with Gasteiger partial charge in [0.05, 0.1) is 16.8 Å². The Morgan fingerprint density at radius 2 is 1.81 bits per heavy atom. The predicted molar refractivity (Wildman–Crippen MR) is 111 cm³/mol. The van der Waals surface area contributed by atoms with Gasteiger partial charge >= 0.3 is 0 Å². The minimum absolute atomic E-state index is 0.245. The maximum Gasteiger partial charge on any atom is 0.280 e.